The lowest BCUT2D eigenvalue weighted by Gasteiger charge is -2.22. The van der Waals surface area contributed by atoms with Gasteiger partial charge in [0.2, 0.25) is 0 Å². The van der Waals surface area contributed by atoms with Crippen LogP contribution in [0.15, 0.2) is 24.3 Å². The van der Waals surface area contributed by atoms with Gasteiger partial charge < -0.3 is 9.47 Å². The molecule has 1 unspecified atom stereocenters. The standard InChI is InChI=1S/C16H24O2/c1-2-11-17-16-8-5-6-14(13-16)9-10-15-7-3-4-12-18-15/h5-6,8,13,15H,2-4,7,9-12H2,1H3. The number of ether oxygens (including phenoxy) is 2. The van der Waals surface area contributed by atoms with Gasteiger partial charge >= 0.3 is 0 Å². The van der Waals surface area contributed by atoms with E-state index in [1.54, 1.807) is 0 Å². The normalized spacial score (nSPS) is 19.7. The highest BCUT2D eigenvalue weighted by Gasteiger charge is 2.13. The lowest BCUT2D eigenvalue weighted by atomic mass is 10.0. The van der Waals surface area contributed by atoms with Crippen LogP contribution >= 0.6 is 0 Å². The Kier molecular flexibility index (Phi) is 5.53. The minimum Gasteiger partial charge on any atom is -0.494 e. The number of hydrogen-bond acceptors (Lipinski definition) is 2. The molecule has 0 N–H and O–H groups in total. The molecule has 0 aliphatic carbocycles. The third-order valence-electron chi connectivity index (χ3n) is 3.40. The molecule has 1 fully saturated rings. The summed E-state index contributed by atoms with van der Waals surface area (Å²) in [5.74, 6) is 0.999. The Morgan fingerprint density at radius 1 is 1.33 bits per heavy atom. The Balaban J connectivity index is 1.80. The zero-order chi connectivity index (χ0) is 12.6. The van der Waals surface area contributed by atoms with E-state index >= 15 is 0 Å². The van der Waals surface area contributed by atoms with Crippen molar-refractivity contribution in [1.82, 2.24) is 0 Å². The van der Waals surface area contributed by atoms with Crippen molar-refractivity contribution in [1.29, 1.82) is 0 Å². The minimum atomic E-state index is 0.471. The second-order valence-electron chi connectivity index (χ2n) is 5.02. The SMILES string of the molecule is CCCOc1cccc(CCC2CCCCO2)c1. The lowest BCUT2D eigenvalue weighted by Crippen LogP contribution is -2.19. The Morgan fingerprint density at radius 3 is 3.06 bits per heavy atom. The summed E-state index contributed by atoms with van der Waals surface area (Å²) in [6.45, 7) is 3.88. The minimum absolute atomic E-state index is 0.471. The van der Waals surface area contributed by atoms with Crippen LogP contribution in [0.1, 0.15) is 44.6 Å². The van der Waals surface area contributed by atoms with Gasteiger partial charge in [-0.05, 0) is 56.2 Å². The van der Waals surface area contributed by atoms with E-state index in [1.165, 1.54) is 24.8 Å². The monoisotopic (exact) mass is 248 g/mol. The summed E-state index contributed by atoms with van der Waals surface area (Å²) in [4.78, 5) is 0. The molecule has 2 rings (SSSR count). The Labute approximate surface area is 110 Å². The second kappa shape index (κ2) is 7.42. The molecule has 2 nitrogen and oxygen atoms in total. The summed E-state index contributed by atoms with van der Waals surface area (Å²) in [5.41, 5.74) is 1.36. The van der Waals surface area contributed by atoms with Gasteiger partial charge in [0.1, 0.15) is 5.75 Å². The Hall–Kier alpha value is -1.02. The average molecular weight is 248 g/mol. The molecule has 1 aromatic carbocycles. The quantitative estimate of drug-likeness (QED) is 0.758. The van der Waals surface area contributed by atoms with Crippen LogP contribution in [0.2, 0.25) is 0 Å². The maximum absolute atomic E-state index is 5.76. The smallest absolute Gasteiger partial charge is 0.119 e. The first-order valence-electron chi connectivity index (χ1n) is 7.22. The number of hydrogen-bond donors (Lipinski definition) is 0. The lowest BCUT2D eigenvalue weighted by molar-refractivity contribution is 0.0115. The molecular formula is C16H24O2. The van der Waals surface area contributed by atoms with E-state index in [-0.39, 0.29) is 0 Å². The summed E-state index contributed by atoms with van der Waals surface area (Å²) in [6.07, 6.45) is 7.54. The molecule has 0 amide bonds. The highest BCUT2D eigenvalue weighted by atomic mass is 16.5. The maximum atomic E-state index is 5.76. The van der Waals surface area contributed by atoms with Gasteiger partial charge in [-0.1, -0.05) is 19.1 Å². The molecule has 1 heterocycles. The van der Waals surface area contributed by atoms with E-state index in [0.29, 0.717) is 6.10 Å². The first-order chi connectivity index (χ1) is 8.88. The first kappa shape index (κ1) is 13.4. The van der Waals surface area contributed by atoms with Crippen LogP contribution in [0.25, 0.3) is 0 Å². The van der Waals surface area contributed by atoms with Crippen molar-refractivity contribution in [3.63, 3.8) is 0 Å². The largest absolute Gasteiger partial charge is 0.494 e. The third kappa shape index (κ3) is 4.34. The van der Waals surface area contributed by atoms with Crippen molar-refractivity contribution in [3.05, 3.63) is 29.8 Å². The first-order valence-corrected chi connectivity index (χ1v) is 7.22. The third-order valence-corrected chi connectivity index (χ3v) is 3.40. The summed E-state index contributed by atoms with van der Waals surface area (Å²) in [6, 6.07) is 8.47. The number of rotatable bonds is 6. The average Bonchev–Trinajstić information content (AvgIpc) is 2.44. The van der Waals surface area contributed by atoms with Crippen molar-refractivity contribution in [3.8, 4) is 5.75 Å². The van der Waals surface area contributed by atoms with Crippen molar-refractivity contribution in [2.24, 2.45) is 0 Å². The Bertz CT molecular complexity index is 343. The zero-order valence-electron chi connectivity index (χ0n) is 11.4. The van der Waals surface area contributed by atoms with Gasteiger partial charge in [0.25, 0.3) is 0 Å². The van der Waals surface area contributed by atoms with Crippen molar-refractivity contribution >= 4 is 0 Å². The Morgan fingerprint density at radius 2 is 2.28 bits per heavy atom. The summed E-state index contributed by atoms with van der Waals surface area (Å²) >= 11 is 0. The van der Waals surface area contributed by atoms with Crippen molar-refractivity contribution in [2.75, 3.05) is 13.2 Å². The molecule has 2 heteroatoms. The van der Waals surface area contributed by atoms with E-state index in [9.17, 15) is 0 Å². The number of aryl methyl sites for hydroxylation is 1. The molecule has 0 spiro atoms. The molecule has 18 heavy (non-hydrogen) atoms. The van der Waals surface area contributed by atoms with Gasteiger partial charge in [0.15, 0.2) is 0 Å². The number of benzene rings is 1. The van der Waals surface area contributed by atoms with Gasteiger partial charge in [-0.25, -0.2) is 0 Å². The predicted molar refractivity (Wildman–Crippen MR) is 74.1 cm³/mol. The highest BCUT2D eigenvalue weighted by Crippen LogP contribution is 2.20. The summed E-state index contributed by atoms with van der Waals surface area (Å²) in [5, 5.41) is 0. The molecule has 100 valence electrons. The molecule has 1 aromatic rings. The summed E-state index contributed by atoms with van der Waals surface area (Å²) < 4.78 is 11.4. The molecule has 0 aromatic heterocycles. The molecule has 1 aliphatic rings. The molecule has 0 bridgehead atoms. The van der Waals surface area contributed by atoms with E-state index in [4.69, 9.17) is 9.47 Å². The molecule has 1 aliphatic heterocycles. The molecule has 1 saturated heterocycles. The molecule has 1 atom stereocenters. The molecular weight excluding hydrogens is 224 g/mol. The highest BCUT2D eigenvalue weighted by molar-refractivity contribution is 5.28. The van der Waals surface area contributed by atoms with E-state index < -0.39 is 0 Å². The van der Waals surface area contributed by atoms with Gasteiger partial charge in [0, 0.05) is 6.61 Å². The fourth-order valence-corrected chi connectivity index (χ4v) is 2.37. The van der Waals surface area contributed by atoms with E-state index in [1.807, 2.05) is 6.07 Å². The van der Waals surface area contributed by atoms with Crippen LogP contribution in [-0.4, -0.2) is 19.3 Å². The van der Waals surface area contributed by atoms with Crippen LogP contribution in [0.3, 0.4) is 0 Å². The molecule has 0 saturated carbocycles. The van der Waals surface area contributed by atoms with Crippen LogP contribution < -0.4 is 4.74 Å². The van der Waals surface area contributed by atoms with Crippen LogP contribution in [0, 0.1) is 0 Å². The van der Waals surface area contributed by atoms with Crippen LogP contribution in [-0.2, 0) is 11.2 Å². The topological polar surface area (TPSA) is 18.5 Å². The predicted octanol–water partition coefficient (Wildman–Crippen LogP) is 3.98. The maximum Gasteiger partial charge on any atom is 0.119 e. The van der Waals surface area contributed by atoms with Crippen molar-refractivity contribution in [2.45, 2.75) is 51.6 Å². The van der Waals surface area contributed by atoms with Gasteiger partial charge in [-0.15, -0.1) is 0 Å². The summed E-state index contributed by atoms with van der Waals surface area (Å²) in [7, 11) is 0. The van der Waals surface area contributed by atoms with Crippen LogP contribution in [0.5, 0.6) is 5.75 Å². The van der Waals surface area contributed by atoms with E-state index in [0.717, 1.165) is 38.2 Å². The second-order valence-corrected chi connectivity index (χ2v) is 5.02. The van der Waals surface area contributed by atoms with Gasteiger partial charge in [-0.3, -0.25) is 0 Å². The van der Waals surface area contributed by atoms with Gasteiger partial charge in [0.05, 0.1) is 12.7 Å². The molecule has 0 radical (unpaired) electrons. The fraction of sp³-hybridized carbons (Fsp3) is 0.625. The van der Waals surface area contributed by atoms with E-state index in [2.05, 4.69) is 25.1 Å². The fourth-order valence-electron chi connectivity index (χ4n) is 2.37. The van der Waals surface area contributed by atoms with Gasteiger partial charge in [-0.2, -0.15) is 0 Å². The van der Waals surface area contributed by atoms with Crippen LogP contribution in [0.4, 0.5) is 0 Å². The van der Waals surface area contributed by atoms with Crippen molar-refractivity contribution < 1.29 is 9.47 Å². The zero-order valence-corrected chi connectivity index (χ0v) is 11.4.